The Kier molecular flexibility index (Phi) is 9.41. The predicted octanol–water partition coefficient (Wildman–Crippen LogP) is 6.26. The maximum Gasteiger partial charge on any atom is 0.194 e. The van der Waals surface area contributed by atoms with E-state index in [1.165, 1.54) is 6.07 Å². The summed E-state index contributed by atoms with van der Waals surface area (Å²) in [5, 5.41) is 8.34. The Morgan fingerprint density at radius 1 is 0.875 bits per heavy atom. The molecule has 130 valence electrons. The zero-order valence-electron chi connectivity index (χ0n) is 14.4. The van der Waals surface area contributed by atoms with Crippen LogP contribution in [0.3, 0.4) is 0 Å². The van der Waals surface area contributed by atoms with Crippen molar-refractivity contribution < 1.29 is 17.6 Å². The Balaban J connectivity index is 0.000000405. The molecule has 0 fully saturated rings. The highest BCUT2D eigenvalue weighted by Gasteiger charge is 2.11. The number of nitrogens with zero attached hydrogens (tertiary/aromatic N) is 1. The first-order chi connectivity index (χ1) is 11.3. The Morgan fingerprint density at radius 3 is 1.75 bits per heavy atom. The van der Waals surface area contributed by atoms with Gasteiger partial charge in [-0.05, 0) is 48.2 Å². The highest BCUT2D eigenvalue weighted by atomic mass is 19.2. The Labute approximate surface area is 140 Å². The zero-order chi connectivity index (χ0) is 18.9. The molecule has 0 unspecified atom stereocenters. The lowest BCUT2D eigenvalue weighted by atomic mass is 10.0. The van der Waals surface area contributed by atoms with Crippen molar-refractivity contribution in [2.24, 2.45) is 0 Å². The van der Waals surface area contributed by atoms with E-state index >= 15 is 0 Å². The van der Waals surface area contributed by atoms with Crippen LogP contribution in [0.1, 0.15) is 50.3 Å². The molecule has 0 N–H and O–H groups in total. The molecule has 1 nitrogen and oxygen atoms in total. The molecule has 0 saturated heterocycles. The lowest BCUT2D eigenvalue weighted by molar-refractivity contribution is 0.444. The molecule has 2 rings (SSSR count). The van der Waals surface area contributed by atoms with Crippen molar-refractivity contribution in [1.82, 2.24) is 0 Å². The molecule has 2 aromatic carbocycles. The Bertz CT molecular complexity index is 680. The summed E-state index contributed by atoms with van der Waals surface area (Å²) in [5.74, 6) is -3.98. The molecule has 2 aromatic rings. The van der Waals surface area contributed by atoms with E-state index in [-0.39, 0.29) is 11.7 Å². The number of hydrogen-bond acceptors (Lipinski definition) is 1. The van der Waals surface area contributed by atoms with Crippen LogP contribution in [0.25, 0.3) is 0 Å². The summed E-state index contributed by atoms with van der Waals surface area (Å²) in [6.07, 6.45) is 0. The lowest BCUT2D eigenvalue weighted by Crippen LogP contribution is -1.95. The van der Waals surface area contributed by atoms with Gasteiger partial charge in [-0.1, -0.05) is 33.8 Å². The van der Waals surface area contributed by atoms with Crippen molar-refractivity contribution in [2.45, 2.75) is 40.5 Å². The van der Waals surface area contributed by atoms with Crippen molar-refractivity contribution in [1.29, 1.82) is 5.26 Å². The lowest BCUT2D eigenvalue weighted by Gasteiger charge is -2.05. The third-order valence-corrected chi connectivity index (χ3v) is 2.97. The van der Waals surface area contributed by atoms with Crippen molar-refractivity contribution in [3.63, 3.8) is 0 Å². The SMILES string of the molecule is CC.CC(C)c1cc(F)c(F)c(F)c1.Cc1ccc(C#N)cc1F. The van der Waals surface area contributed by atoms with E-state index in [4.69, 9.17) is 5.26 Å². The van der Waals surface area contributed by atoms with Crippen LogP contribution in [0.2, 0.25) is 0 Å². The summed E-state index contributed by atoms with van der Waals surface area (Å²) >= 11 is 0. The van der Waals surface area contributed by atoms with E-state index in [1.54, 1.807) is 32.9 Å². The molecule has 5 heteroatoms. The van der Waals surface area contributed by atoms with E-state index in [0.717, 1.165) is 12.1 Å². The highest BCUT2D eigenvalue weighted by Crippen LogP contribution is 2.19. The second kappa shape index (κ2) is 10.4. The smallest absolute Gasteiger partial charge is 0.194 e. The fourth-order valence-corrected chi connectivity index (χ4v) is 1.57. The van der Waals surface area contributed by atoms with E-state index in [0.29, 0.717) is 16.7 Å². The third kappa shape index (κ3) is 6.41. The number of halogens is 4. The molecule has 0 aromatic heterocycles. The molecule has 0 aliphatic rings. The summed E-state index contributed by atoms with van der Waals surface area (Å²) in [5.41, 5.74) is 1.40. The first-order valence-corrected chi connectivity index (χ1v) is 7.57. The average Bonchev–Trinajstić information content (AvgIpc) is 2.57. The van der Waals surface area contributed by atoms with Crippen LogP contribution in [-0.4, -0.2) is 0 Å². The molecular formula is C19H21F4N. The van der Waals surface area contributed by atoms with Gasteiger partial charge in [-0.3, -0.25) is 0 Å². The van der Waals surface area contributed by atoms with Gasteiger partial charge in [-0.2, -0.15) is 5.26 Å². The van der Waals surface area contributed by atoms with Gasteiger partial charge < -0.3 is 0 Å². The van der Waals surface area contributed by atoms with E-state index in [9.17, 15) is 17.6 Å². The molecule has 0 aliphatic heterocycles. The van der Waals surface area contributed by atoms with Gasteiger partial charge in [0, 0.05) is 0 Å². The van der Waals surface area contributed by atoms with E-state index in [2.05, 4.69) is 0 Å². The van der Waals surface area contributed by atoms with Gasteiger partial charge in [0.1, 0.15) is 5.82 Å². The summed E-state index contributed by atoms with van der Waals surface area (Å²) in [7, 11) is 0. The number of hydrogen-bond donors (Lipinski definition) is 0. The molecular weight excluding hydrogens is 318 g/mol. The molecule has 24 heavy (non-hydrogen) atoms. The van der Waals surface area contributed by atoms with E-state index < -0.39 is 17.5 Å². The molecule has 0 amide bonds. The van der Waals surface area contributed by atoms with Crippen LogP contribution in [0.15, 0.2) is 30.3 Å². The van der Waals surface area contributed by atoms with Gasteiger partial charge in [0.05, 0.1) is 11.6 Å². The topological polar surface area (TPSA) is 23.8 Å². The fourth-order valence-electron chi connectivity index (χ4n) is 1.57. The van der Waals surface area contributed by atoms with Crippen molar-refractivity contribution in [3.8, 4) is 6.07 Å². The van der Waals surface area contributed by atoms with Crippen molar-refractivity contribution >= 4 is 0 Å². The zero-order valence-corrected chi connectivity index (χ0v) is 14.4. The molecule has 0 spiro atoms. The monoisotopic (exact) mass is 339 g/mol. The molecule has 0 radical (unpaired) electrons. The van der Waals surface area contributed by atoms with Crippen LogP contribution in [0.5, 0.6) is 0 Å². The number of nitriles is 1. The van der Waals surface area contributed by atoms with Crippen molar-refractivity contribution in [3.05, 3.63) is 70.3 Å². The van der Waals surface area contributed by atoms with Crippen LogP contribution >= 0.6 is 0 Å². The highest BCUT2D eigenvalue weighted by molar-refractivity contribution is 5.32. The standard InChI is InChI=1S/C9H9F3.C8H6FN.C2H6/c1-5(2)6-3-7(10)9(12)8(11)4-6;1-6-2-3-7(5-10)4-8(6)9;1-2/h3-5H,1-2H3;2-4H,1H3;1-2H3. The summed E-state index contributed by atoms with van der Waals surface area (Å²) in [4.78, 5) is 0. The molecule has 0 aliphatic carbocycles. The predicted molar refractivity (Wildman–Crippen MR) is 87.6 cm³/mol. The second-order valence-electron chi connectivity index (χ2n) is 5.03. The first-order valence-electron chi connectivity index (χ1n) is 7.57. The fraction of sp³-hybridized carbons (Fsp3) is 0.316. The number of aryl methyl sites for hydroxylation is 1. The van der Waals surface area contributed by atoms with Gasteiger partial charge in [0.25, 0.3) is 0 Å². The molecule has 0 saturated carbocycles. The van der Waals surface area contributed by atoms with Gasteiger partial charge in [-0.15, -0.1) is 0 Å². The number of rotatable bonds is 1. The van der Waals surface area contributed by atoms with Crippen LogP contribution < -0.4 is 0 Å². The maximum atomic E-state index is 12.6. The van der Waals surface area contributed by atoms with Gasteiger partial charge in [0.2, 0.25) is 0 Å². The van der Waals surface area contributed by atoms with Crippen molar-refractivity contribution in [2.75, 3.05) is 0 Å². The first kappa shape index (κ1) is 21.7. The minimum atomic E-state index is -1.40. The molecule has 0 bridgehead atoms. The van der Waals surface area contributed by atoms with Gasteiger partial charge >= 0.3 is 0 Å². The molecule has 0 atom stereocenters. The van der Waals surface area contributed by atoms with Crippen LogP contribution in [0.4, 0.5) is 17.6 Å². The Hall–Kier alpha value is -2.35. The second-order valence-corrected chi connectivity index (χ2v) is 5.03. The summed E-state index contributed by atoms with van der Waals surface area (Å²) in [6.45, 7) is 9.23. The van der Waals surface area contributed by atoms with Crippen LogP contribution in [-0.2, 0) is 0 Å². The largest absolute Gasteiger partial charge is 0.207 e. The quantitative estimate of drug-likeness (QED) is 0.444. The van der Waals surface area contributed by atoms with Gasteiger partial charge in [0.15, 0.2) is 17.5 Å². The average molecular weight is 339 g/mol. The Morgan fingerprint density at radius 2 is 1.38 bits per heavy atom. The number of benzene rings is 2. The summed E-state index contributed by atoms with van der Waals surface area (Å²) in [6, 6.07) is 8.31. The van der Waals surface area contributed by atoms with Gasteiger partial charge in [-0.25, -0.2) is 17.6 Å². The summed E-state index contributed by atoms with van der Waals surface area (Å²) < 4.78 is 50.2. The maximum absolute atomic E-state index is 12.6. The molecule has 0 heterocycles. The van der Waals surface area contributed by atoms with E-state index in [1.807, 2.05) is 19.9 Å². The minimum absolute atomic E-state index is 0.00500. The minimum Gasteiger partial charge on any atom is -0.207 e. The van der Waals surface area contributed by atoms with Crippen LogP contribution in [0, 0.1) is 41.5 Å². The third-order valence-electron chi connectivity index (χ3n) is 2.97. The normalized spacial score (nSPS) is 9.38.